The van der Waals surface area contributed by atoms with Crippen LogP contribution in [0.25, 0.3) is 5.57 Å². The highest BCUT2D eigenvalue weighted by Gasteiger charge is 2.64. The Hall–Kier alpha value is -2.60. The zero-order valence-corrected chi connectivity index (χ0v) is 14.7. The first kappa shape index (κ1) is 17.5. The van der Waals surface area contributed by atoms with Gasteiger partial charge in [0.1, 0.15) is 5.75 Å². The van der Waals surface area contributed by atoms with Crippen molar-refractivity contribution in [2.75, 3.05) is 0 Å². The highest BCUT2D eigenvalue weighted by atomic mass is 19.4. The van der Waals surface area contributed by atoms with Crippen LogP contribution in [0.5, 0.6) is 5.75 Å². The molecule has 4 atom stereocenters. The number of hydrogen-bond acceptors (Lipinski definition) is 3. The van der Waals surface area contributed by atoms with Crippen LogP contribution in [0.15, 0.2) is 54.6 Å². The van der Waals surface area contributed by atoms with Crippen LogP contribution in [0.1, 0.15) is 35.4 Å². The molecule has 0 aliphatic heterocycles. The van der Waals surface area contributed by atoms with E-state index in [0.29, 0.717) is 6.42 Å². The molecule has 28 heavy (non-hydrogen) atoms. The number of allylic oxidation sites excluding steroid dienone is 2. The second-order valence-corrected chi connectivity index (χ2v) is 7.69. The number of halogens is 3. The smallest absolute Gasteiger partial charge is 0.406 e. The van der Waals surface area contributed by atoms with E-state index in [0.717, 1.165) is 16.7 Å². The van der Waals surface area contributed by atoms with Crippen molar-refractivity contribution in [1.82, 2.24) is 0 Å². The molecule has 3 nitrogen and oxygen atoms in total. The fraction of sp³-hybridized carbons (Fsp3) is 0.318. The molecule has 1 fully saturated rings. The summed E-state index contributed by atoms with van der Waals surface area (Å²) in [6.45, 7) is 0. The van der Waals surface area contributed by atoms with E-state index in [4.69, 9.17) is 0 Å². The van der Waals surface area contributed by atoms with E-state index in [1.807, 2.05) is 30.3 Å². The maximum absolute atomic E-state index is 12.9. The standard InChI is InChI=1S/C22H17F3O3/c23-22(24,25)28-13-6-7-15-16-9-8-14(12-4-2-1-3-5-12)17-11-19(26)21(27,20(16)17)18(15)10-13/h1-8,10,16-17,20,27H,9,11H2/t16-,17-,20+,21+/m0/s1. The van der Waals surface area contributed by atoms with Crippen LogP contribution < -0.4 is 4.74 Å². The SMILES string of the molecule is O=C1C[C@H]2C(c3ccccc3)=CC[C@H]3c4ccc(OC(F)(F)F)cc4[C@]1(O)[C@@H]23. The lowest BCUT2D eigenvalue weighted by Gasteiger charge is -2.34. The molecule has 2 aromatic carbocycles. The molecule has 2 aromatic rings. The van der Waals surface area contributed by atoms with Crippen molar-refractivity contribution in [2.24, 2.45) is 11.8 Å². The molecule has 0 saturated heterocycles. The molecule has 5 rings (SSSR count). The lowest BCUT2D eigenvalue weighted by Crippen LogP contribution is -2.36. The average molecular weight is 386 g/mol. The highest BCUT2D eigenvalue weighted by molar-refractivity contribution is 5.96. The first-order valence-electron chi connectivity index (χ1n) is 9.20. The van der Waals surface area contributed by atoms with Crippen LogP contribution in [-0.4, -0.2) is 17.3 Å². The number of fused-ring (bicyclic) bond motifs is 3. The second-order valence-electron chi connectivity index (χ2n) is 7.69. The summed E-state index contributed by atoms with van der Waals surface area (Å²) in [6.07, 6.45) is -1.91. The van der Waals surface area contributed by atoms with Crippen LogP contribution in [0.4, 0.5) is 13.2 Å². The normalized spacial score (nSPS) is 30.6. The van der Waals surface area contributed by atoms with E-state index in [1.54, 1.807) is 6.07 Å². The number of alkyl halides is 3. The van der Waals surface area contributed by atoms with E-state index in [1.165, 1.54) is 12.1 Å². The van der Waals surface area contributed by atoms with Gasteiger partial charge in [0.25, 0.3) is 0 Å². The predicted octanol–water partition coefficient (Wildman–Crippen LogP) is 4.56. The van der Waals surface area contributed by atoms with Gasteiger partial charge >= 0.3 is 6.36 Å². The molecule has 0 aromatic heterocycles. The van der Waals surface area contributed by atoms with Gasteiger partial charge in [0.2, 0.25) is 0 Å². The number of benzene rings is 2. The van der Waals surface area contributed by atoms with Gasteiger partial charge in [-0.25, -0.2) is 0 Å². The summed E-state index contributed by atoms with van der Waals surface area (Å²) in [7, 11) is 0. The minimum atomic E-state index is -4.83. The lowest BCUT2D eigenvalue weighted by atomic mass is 9.70. The summed E-state index contributed by atoms with van der Waals surface area (Å²) in [4.78, 5) is 12.9. The molecule has 0 bridgehead atoms. The predicted molar refractivity (Wildman–Crippen MR) is 95.4 cm³/mol. The van der Waals surface area contributed by atoms with Gasteiger partial charge < -0.3 is 9.84 Å². The molecule has 1 N–H and O–H groups in total. The van der Waals surface area contributed by atoms with E-state index >= 15 is 0 Å². The Morgan fingerprint density at radius 1 is 1.07 bits per heavy atom. The first-order valence-corrected chi connectivity index (χ1v) is 9.20. The number of hydrogen-bond donors (Lipinski definition) is 1. The second kappa shape index (κ2) is 5.70. The summed E-state index contributed by atoms with van der Waals surface area (Å²) >= 11 is 0. The van der Waals surface area contributed by atoms with Crippen molar-refractivity contribution in [2.45, 2.75) is 30.7 Å². The Bertz CT molecular complexity index is 996. The third kappa shape index (κ3) is 2.37. The van der Waals surface area contributed by atoms with Crippen LogP contribution in [0, 0.1) is 11.8 Å². The number of Topliss-reactive ketones (excluding diaryl/α,β-unsaturated/α-hetero) is 1. The summed E-state index contributed by atoms with van der Waals surface area (Å²) in [5, 5.41) is 11.4. The van der Waals surface area contributed by atoms with E-state index in [9.17, 15) is 23.1 Å². The molecular weight excluding hydrogens is 369 g/mol. The van der Waals surface area contributed by atoms with E-state index in [2.05, 4.69) is 10.8 Å². The first-order chi connectivity index (χ1) is 13.3. The van der Waals surface area contributed by atoms with E-state index in [-0.39, 0.29) is 35.5 Å². The average Bonchev–Trinajstić information content (AvgIpc) is 3.07. The molecule has 3 aliphatic carbocycles. The van der Waals surface area contributed by atoms with Crippen LogP contribution >= 0.6 is 0 Å². The fourth-order valence-electron chi connectivity index (χ4n) is 5.38. The Balaban J connectivity index is 1.60. The Labute approximate surface area is 159 Å². The van der Waals surface area contributed by atoms with Gasteiger partial charge in [0.15, 0.2) is 11.4 Å². The third-order valence-electron chi connectivity index (χ3n) is 6.35. The minimum Gasteiger partial charge on any atom is -0.406 e. The van der Waals surface area contributed by atoms with Crippen molar-refractivity contribution in [1.29, 1.82) is 0 Å². The number of rotatable bonds is 2. The highest BCUT2D eigenvalue weighted by Crippen LogP contribution is 2.64. The third-order valence-corrected chi connectivity index (χ3v) is 6.35. The molecule has 0 amide bonds. The molecule has 144 valence electrons. The van der Waals surface area contributed by atoms with Crippen LogP contribution in [0.2, 0.25) is 0 Å². The number of ketones is 1. The van der Waals surface area contributed by atoms with Crippen molar-refractivity contribution >= 4 is 11.4 Å². The number of carbonyl (C=O) groups is 1. The molecule has 0 heterocycles. The maximum atomic E-state index is 12.9. The summed E-state index contributed by atoms with van der Waals surface area (Å²) < 4.78 is 41.9. The van der Waals surface area contributed by atoms with Crippen LogP contribution in [0.3, 0.4) is 0 Å². The van der Waals surface area contributed by atoms with Crippen LogP contribution in [-0.2, 0) is 10.4 Å². The van der Waals surface area contributed by atoms with E-state index < -0.39 is 17.7 Å². The Morgan fingerprint density at radius 3 is 2.54 bits per heavy atom. The molecule has 0 radical (unpaired) electrons. The van der Waals surface area contributed by atoms with Gasteiger partial charge in [-0.2, -0.15) is 0 Å². The van der Waals surface area contributed by atoms with Crippen molar-refractivity contribution < 1.29 is 27.8 Å². The molecule has 1 saturated carbocycles. The number of carbonyl (C=O) groups excluding carboxylic acids is 1. The van der Waals surface area contributed by atoms with Gasteiger partial charge in [-0.05, 0) is 52.7 Å². The van der Waals surface area contributed by atoms with Gasteiger partial charge in [0, 0.05) is 12.3 Å². The molecular formula is C22H17F3O3. The van der Waals surface area contributed by atoms with Gasteiger partial charge in [-0.15, -0.1) is 13.2 Å². The lowest BCUT2D eigenvalue weighted by molar-refractivity contribution is -0.274. The molecule has 3 aliphatic rings. The fourth-order valence-corrected chi connectivity index (χ4v) is 5.38. The Kier molecular flexibility index (Phi) is 3.56. The zero-order valence-electron chi connectivity index (χ0n) is 14.7. The largest absolute Gasteiger partial charge is 0.573 e. The summed E-state index contributed by atoms with van der Waals surface area (Å²) in [5.74, 6) is -1.36. The van der Waals surface area contributed by atoms with Gasteiger partial charge in [-0.1, -0.05) is 42.5 Å². The van der Waals surface area contributed by atoms with Crippen molar-refractivity contribution in [3.8, 4) is 5.75 Å². The molecule has 6 heteroatoms. The van der Waals surface area contributed by atoms with Crippen molar-refractivity contribution in [3.05, 3.63) is 71.3 Å². The number of aliphatic hydroxyl groups is 1. The number of ether oxygens (including phenoxy) is 1. The zero-order chi connectivity index (χ0) is 19.7. The summed E-state index contributed by atoms with van der Waals surface area (Å²) in [5.41, 5.74) is 1.29. The molecule has 0 spiro atoms. The topological polar surface area (TPSA) is 46.5 Å². The minimum absolute atomic E-state index is 0.0937. The molecule has 0 unspecified atom stereocenters. The van der Waals surface area contributed by atoms with Gasteiger partial charge in [0.05, 0.1) is 0 Å². The van der Waals surface area contributed by atoms with Crippen molar-refractivity contribution in [3.63, 3.8) is 0 Å². The quantitative estimate of drug-likeness (QED) is 0.823. The Morgan fingerprint density at radius 2 is 1.82 bits per heavy atom. The maximum Gasteiger partial charge on any atom is 0.573 e. The monoisotopic (exact) mass is 386 g/mol. The van der Waals surface area contributed by atoms with Gasteiger partial charge in [-0.3, -0.25) is 4.79 Å². The summed E-state index contributed by atoms with van der Waals surface area (Å²) in [6, 6.07) is 13.7.